The standard InChI is InChI=1S/C28H35N3O3/c1-6-8-15-31(17-23-11-14-25(21(4)16-23)34-18-26(32)33-7-2)28-22(5)27(29-19-30-28)24-12-9-20(3)10-13-24/h9-14,16,19H,6-8,15,17-18H2,1-5H3. The SMILES string of the molecule is CCCCN(Cc1ccc(OCC(=O)OCC)c(C)c1)c1ncnc(-c2ccc(C)cc2)c1C. The van der Waals surface area contributed by atoms with E-state index in [4.69, 9.17) is 9.47 Å². The van der Waals surface area contributed by atoms with E-state index < -0.39 is 0 Å². The van der Waals surface area contributed by atoms with Crippen molar-refractivity contribution in [3.63, 3.8) is 0 Å². The number of aryl methyl sites for hydroxylation is 2. The van der Waals surface area contributed by atoms with Crippen molar-refractivity contribution in [3.8, 4) is 17.0 Å². The molecule has 34 heavy (non-hydrogen) atoms. The number of benzene rings is 2. The molecule has 0 aliphatic rings. The molecule has 0 saturated heterocycles. The van der Waals surface area contributed by atoms with E-state index in [9.17, 15) is 4.79 Å². The largest absolute Gasteiger partial charge is 0.482 e. The van der Waals surface area contributed by atoms with Gasteiger partial charge in [-0.1, -0.05) is 55.3 Å². The lowest BCUT2D eigenvalue weighted by Gasteiger charge is -2.26. The van der Waals surface area contributed by atoms with Gasteiger partial charge in [-0.3, -0.25) is 0 Å². The Balaban J connectivity index is 1.83. The number of unbranched alkanes of at least 4 members (excludes halogenated alkanes) is 1. The Labute approximate surface area is 203 Å². The molecule has 0 aliphatic carbocycles. The molecule has 3 rings (SSSR count). The molecule has 0 atom stereocenters. The summed E-state index contributed by atoms with van der Waals surface area (Å²) in [5, 5.41) is 0. The fourth-order valence-electron chi connectivity index (χ4n) is 3.90. The summed E-state index contributed by atoms with van der Waals surface area (Å²) in [5.41, 5.74) is 6.51. The van der Waals surface area contributed by atoms with Crippen molar-refractivity contribution < 1.29 is 14.3 Å². The van der Waals surface area contributed by atoms with Crippen molar-refractivity contribution in [2.45, 2.75) is 54.0 Å². The summed E-state index contributed by atoms with van der Waals surface area (Å²) < 4.78 is 10.6. The predicted molar refractivity (Wildman–Crippen MR) is 136 cm³/mol. The van der Waals surface area contributed by atoms with Crippen LogP contribution in [-0.2, 0) is 16.1 Å². The summed E-state index contributed by atoms with van der Waals surface area (Å²) in [4.78, 5) is 23.2. The van der Waals surface area contributed by atoms with Gasteiger partial charge in [0, 0.05) is 24.2 Å². The van der Waals surface area contributed by atoms with E-state index in [0.717, 1.165) is 59.7 Å². The number of rotatable bonds is 11. The van der Waals surface area contributed by atoms with Gasteiger partial charge in [-0.2, -0.15) is 0 Å². The van der Waals surface area contributed by atoms with E-state index in [-0.39, 0.29) is 12.6 Å². The molecule has 1 aromatic heterocycles. The lowest BCUT2D eigenvalue weighted by molar-refractivity contribution is -0.145. The van der Waals surface area contributed by atoms with E-state index in [1.807, 2.05) is 19.1 Å². The first-order valence-corrected chi connectivity index (χ1v) is 11.9. The molecule has 0 saturated carbocycles. The third kappa shape index (κ3) is 6.56. The first-order valence-electron chi connectivity index (χ1n) is 11.9. The zero-order valence-electron chi connectivity index (χ0n) is 20.9. The Hall–Kier alpha value is -3.41. The minimum absolute atomic E-state index is 0.0848. The molecule has 6 nitrogen and oxygen atoms in total. The summed E-state index contributed by atoms with van der Waals surface area (Å²) in [5.74, 6) is 1.29. The van der Waals surface area contributed by atoms with Crippen LogP contribution in [0, 0.1) is 20.8 Å². The van der Waals surface area contributed by atoms with Crippen LogP contribution in [0.5, 0.6) is 5.75 Å². The molecule has 0 bridgehead atoms. The number of hydrogen-bond acceptors (Lipinski definition) is 6. The van der Waals surface area contributed by atoms with Crippen LogP contribution in [0.2, 0.25) is 0 Å². The second-order valence-electron chi connectivity index (χ2n) is 8.51. The van der Waals surface area contributed by atoms with Crippen molar-refractivity contribution in [1.29, 1.82) is 0 Å². The van der Waals surface area contributed by atoms with Gasteiger partial charge in [0.2, 0.25) is 0 Å². The van der Waals surface area contributed by atoms with Crippen LogP contribution >= 0.6 is 0 Å². The first kappa shape index (κ1) is 25.2. The number of ether oxygens (including phenoxy) is 2. The van der Waals surface area contributed by atoms with E-state index in [2.05, 4.69) is 66.0 Å². The second-order valence-corrected chi connectivity index (χ2v) is 8.51. The molecule has 0 N–H and O–H groups in total. The number of nitrogens with zero attached hydrogens (tertiary/aromatic N) is 3. The van der Waals surface area contributed by atoms with E-state index >= 15 is 0 Å². The fraction of sp³-hybridized carbons (Fsp3) is 0.393. The highest BCUT2D eigenvalue weighted by molar-refractivity contribution is 5.71. The van der Waals surface area contributed by atoms with Gasteiger partial charge >= 0.3 is 5.97 Å². The molecule has 0 unspecified atom stereocenters. The topological polar surface area (TPSA) is 64.5 Å². The van der Waals surface area contributed by atoms with Crippen LogP contribution in [0.4, 0.5) is 5.82 Å². The zero-order valence-corrected chi connectivity index (χ0v) is 20.9. The second kappa shape index (κ2) is 12.2. The van der Waals surface area contributed by atoms with Crippen LogP contribution in [0.1, 0.15) is 48.9 Å². The number of esters is 1. The van der Waals surface area contributed by atoms with Gasteiger partial charge in [0.1, 0.15) is 17.9 Å². The number of anilines is 1. The summed E-state index contributed by atoms with van der Waals surface area (Å²) >= 11 is 0. The molecule has 1 heterocycles. The fourth-order valence-corrected chi connectivity index (χ4v) is 3.90. The summed E-state index contributed by atoms with van der Waals surface area (Å²) in [6, 6.07) is 14.5. The number of aromatic nitrogens is 2. The number of carbonyl (C=O) groups excluding carboxylic acids is 1. The first-order chi connectivity index (χ1) is 16.4. The lowest BCUT2D eigenvalue weighted by Crippen LogP contribution is -2.26. The smallest absolute Gasteiger partial charge is 0.344 e. The van der Waals surface area contributed by atoms with Crippen molar-refractivity contribution >= 4 is 11.8 Å². The molecule has 0 radical (unpaired) electrons. The Morgan fingerprint density at radius 1 is 1.00 bits per heavy atom. The number of hydrogen-bond donors (Lipinski definition) is 0. The Bertz CT molecular complexity index is 1100. The highest BCUT2D eigenvalue weighted by Crippen LogP contribution is 2.29. The van der Waals surface area contributed by atoms with Gasteiger partial charge in [-0.25, -0.2) is 14.8 Å². The predicted octanol–water partition coefficient (Wildman–Crippen LogP) is 5.82. The zero-order chi connectivity index (χ0) is 24.5. The molecule has 0 spiro atoms. The summed E-state index contributed by atoms with van der Waals surface area (Å²) in [6.45, 7) is 12.1. The highest BCUT2D eigenvalue weighted by Gasteiger charge is 2.16. The molecular weight excluding hydrogens is 426 g/mol. The third-order valence-electron chi connectivity index (χ3n) is 5.73. The average molecular weight is 462 g/mol. The molecule has 3 aromatic rings. The van der Waals surface area contributed by atoms with E-state index in [1.54, 1.807) is 13.3 Å². The maximum atomic E-state index is 11.6. The van der Waals surface area contributed by atoms with Gasteiger partial charge in [0.05, 0.1) is 12.3 Å². The molecule has 0 fully saturated rings. The molecular formula is C28H35N3O3. The Morgan fingerprint density at radius 3 is 2.44 bits per heavy atom. The van der Waals surface area contributed by atoms with E-state index in [0.29, 0.717) is 12.4 Å². The van der Waals surface area contributed by atoms with Crippen LogP contribution in [0.3, 0.4) is 0 Å². The molecule has 0 aliphatic heterocycles. The van der Waals surface area contributed by atoms with Gasteiger partial charge in [0.15, 0.2) is 6.61 Å². The maximum Gasteiger partial charge on any atom is 0.344 e. The van der Waals surface area contributed by atoms with Gasteiger partial charge < -0.3 is 14.4 Å². The third-order valence-corrected chi connectivity index (χ3v) is 5.73. The Morgan fingerprint density at radius 2 is 1.76 bits per heavy atom. The van der Waals surface area contributed by atoms with Crippen LogP contribution < -0.4 is 9.64 Å². The monoisotopic (exact) mass is 461 g/mol. The maximum absolute atomic E-state index is 11.6. The van der Waals surface area contributed by atoms with Gasteiger partial charge in [-0.05, 0) is 51.3 Å². The normalized spacial score (nSPS) is 10.7. The van der Waals surface area contributed by atoms with Crippen LogP contribution in [0.25, 0.3) is 11.3 Å². The molecule has 6 heteroatoms. The van der Waals surface area contributed by atoms with E-state index in [1.165, 1.54) is 5.56 Å². The lowest BCUT2D eigenvalue weighted by atomic mass is 10.0. The van der Waals surface area contributed by atoms with Crippen molar-refractivity contribution in [3.05, 3.63) is 71.0 Å². The van der Waals surface area contributed by atoms with Gasteiger partial charge in [-0.15, -0.1) is 0 Å². The average Bonchev–Trinajstić information content (AvgIpc) is 2.82. The van der Waals surface area contributed by atoms with Crippen molar-refractivity contribution in [2.24, 2.45) is 0 Å². The number of carbonyl (C=O) groups is 1. The minimum Gasteiger partial charge on any atom is -0.482 e. The summed E-state index contributed by atoms with van der Waals surface area (Å²) in [7, 11) is 0. The molecule has 2 aromatic carbocycles. The van der Waals surface area contributed by atoms with Crippen LogP contribution in [-0.4, -0.2) is 35.7 Å². The van der Waals surface area contributed by atoms with Crippen molar-refractivity contribution in [1.82, 2.24) is 9.97 Å². The minimum atomic E-state index is -0.361. The van der Waals surface area contributed by atoms with Gasteiger partial charge in [0.25, 0.3) is 0 Å². The van der Waals surface area contributed by atoms with Crippen LogP contribution in [0.15, 0.2) is 48.8 Å². The molecule has 180 valence electrons. The molecule has 0 amide bonds. The van der Waals surface area contributed by atoms with Crippen molar-refractivity contribution in [2.75, 3.05) is 24.7 Å². The highest BCUT2D eigenvalue weighted by atomic mass is 16.6. The Kier molecular flexibility index (Phi) is 9.02. The quantitative estimate of drug-likeness (QED) is 0.335. The summed E-state index contributed by atoms with van der Waals surface area (Å²) in [6.07, 6.45) is 3.84.